The first-order valence-corrected chi connectivity index (χ1v) is 7.36. The molecule has 4 nitrogen and oxygen atoms in total. The van der Waals surface area contributed by atoms with E-state index in [9.17, 15) is 4.79 Å². The molecule has 0 fully saturated rings. The standard InChI is InChI=1S/C16H11N3OS/c20-15-14(10-17-11-6-2-1-3-7-11)21-16-18-12-8-4-5-9-13(12)19(15)16/h1-10,17H/b14-10-. The van der Waals surface area contributed by atoms with E-state index in [4.69, 9.17) is 0 Å². The predicted octanol–water partition coefficient (Wildman–Crippen LogP) is 2.48. The molecule has 4 aromatic rings. The third-order valence-electron chi connectivity index (χ3n) is 3.29. The van der Waals surface area contributed by atoms with Crippen molar-refractivity contribution in [1.29, 1.82) is 0 Å². The van der Waals surface area contributed by atoms with Gasteiger partial charge in [-0.25, -0.2) is 9.38 Å². The van der Waals surface area contributed by atoms with Crippen LogP contribution in [-0.2, 0) is 0 Å². The molecule has 5 heteroatoms. The number of hydrogen-bond acceptors (Lipinski definition) is 4. The molecule has 0 aliphatic heterocycles. The van der Waals surface area contributed by atoms with Crippen LogP contribution in [0.4, 0.5) is 5.69 Å². The summed E-state index contributed by atoms with van der Waals surface area (Å²) >= 11 is 1.39. The van der Waals surface area contributed by atoms with E-state index in [-0.39, 0.29) is 5.56 Å². The second kappa shape index (κ2) is 4.71. The van der Waals surface area contributed by atoms with Gasteiger partial charge in [-0.2, -0.15) is 0 Å². The largest absolute Gasteiger partial charge is 0.360 e. The maximum absolute atomic E-state index is 12.5. The van der Waals surface area contributed by atoms with Gasteiger partial charge in [0.15, 0.2) is 4.96 Å². The third kappa shape index (κ3) is 1.98. The maximum Gasteiger partial charge on any atom is 0.276 e. The molecule has 0 saturated heterocycles. The lowest BCUT2D eigenvalue weighted by Crippen LogP contribution is -2.23. The molecule has 2 aromatic carbocycles. The predicted molar refractivity (Wildman–Crippen MR) is 86.6 cm³/mol. The summed E-state index contributed by atoms with van der Waals surface area (Å²) in [6.07, 6.45) is 1.74. The van der Waals surface area contributed by atoms with Crippen LogP contribution in [0.2, 0.25) is 0 Å². The smallest absolute Gasteiger partial charge is 0.276 e. The van der Waals surface area contributed by atoms with E-state index in [1.807, 2.05) is 54.6 Å². The molecular formula is C16H11N3OS. The summed E-state index contributed by atoms with van der Waals surface area (Å²) in [6, 6.07) is 17.4. The third-order valence-corrected chi connectivity index (χ3v) is 4.26. The Labute approximate surface area is 124 Å². The monoisotopic (exact) mass is 293 g/mol. The van der Waals surface area contributed by atoms with Crippen LogP contribution in [0.5, 0.6) is 0 Å². The van der Waals surface area contributed by atoms with Gasteiger partial charge in [0, 0.05) is 11.9 Å². The van der Waals surface area contributed by atoms with E-state index in [2.05, 4.69) is 10.3 Å². The highest BCUT2D eigenvalue weighted by Crippen LogP contribution is 2.15. The molecule has 0 radical (unpaired) electrons. The summed E-state index contributed by atoms with van der Waals surface area (Å²) in [5.41, 5.74) is 2.62. The molecule has 0 amide bonds. The van der Waals surface area contributed by atoms with Gasteiger partial charge in [0.05, 0.1) is 11.0 Å². The molecule has 0 saturated carbocycles. The summed E-state index contributed by atoms with van der Waals surface area (Å²) < 4.78 is 2.31. The van der Waals surface area contributed by atoms with Gasteiger partial charge in [0.1, 0.15) is 4.53 Å². The van der Waals surface area contributed by atoms with Crippen molar-refractivity contribution in [3.8, 4) is 0 Å². The zero-order valence-electron chi connectivity index (χ0n) is 11.0. The summed E-state index contributed by atoms with van der Waals surface area (Å²) in [4.78, 5) is 17.7. The van der Waals surface area contributed by atoms with Crippen LogP contribution in [0.25, 0.3) is 22.2 Å². The van der Waals surface area contributed by atoms with Gasteiger partial charge in [0.25, 0.3) is 5.56 Å². The quantitative estimate of drug-likeness (QED) is 0.617. The molecule has 0 aliphatic rings. The van der Waals surface area contributed by atoms with Crippen LogP contribution >= 0.6 is 11.3 Å². The first kappa shape index (κ1) is 12.1. The number of hydrogen-bond donors (Lipinski definition) is 1. The van der Waals surface area contributed by atoms with E-state index in [0.29, 0.717) is 4.53 Å². The average Bonchev–Trinajstić information content (AvgIpc) is 3.03. The lowest BCUT2D eigenvalue weighted by molar-refractivity contribution is 1.19. The van der Waals surface area contributed by atoms with Crippen molar-refractivity contribution in [3.05, 3.63) is 69.5 Å². The number of benzene rings is 2. The number of nitrogens with one attached hydrogen (secondary N) is 1. The molecule has 102 valence electrons. The van der Waals surface area contributed by atoms with Gasteiger partial charge < -0.3 is 5.32 Å². The van der Waals surface area contributed by atoms with E-state index in [0.717, 1.165) is 21.7 Å². The summed E-state index contributed by atoms with van der Waals surface area (Å²) in [6.45, 7) is 0. The minimum absolute atomic E-state index is 0.0351. The van der Waals surface area contributed by atoms with E-state index in [1.54, 1.807) is 10.6 Å². The van der Waals surface area contributed by atoms with Crippen LogP contribution in [0.15, 0.2) is 59.4 Å². The van der Waals surface area contributed by atoms with Gasteiger partial charge in [-0.15, -0.1) is 0 Å². The van der Waals surface area contributed by atoms with Crippen molar-refractivity contribution in [2.45, 2.75) is 0 Å². The van der Waals surface area contributed by atoms with Crippen molar-refractivity contribution in [2.24, 2.45) is 0 Å². The van der Waals surface area contributed by atoms with Gasteiger partial charge in [-0.3, -0.25) is 4.79 Å². The van der Waals surface area contributed by atoms with Gasteiger partial charge >= 0.3 is 0 Å². The molecule has 0 spiro atoms. The Kier molecular flexibility index (Phi) is 2.72. The highest BCUT2D eigenvalue weighted by Gasteiger charge is 2.09. The van der Waals surface area contributed by atoms with E-state index >= 15 is 0 Å². The minimum atomic E-state index is -0.0351. The number of anilines is 1. The highest BCUT2D eigenvalue weighted by molar-refractivity contribution is 7.15. The van der Waals surface area contributed by atoms with Crippen molar-refractivity contribution in [2.75, 3.05) is 5.32 Å². The molecule has 4 rings (SSSR count). The zero-order valence-corrected chi connectivity index (χ0v) is 11.8. The molecule has 21 heavy (non-hydrogen) atoms. The van der Waals surface area contributed by atoms with E-state index in [1.165, 1.54) is 11.3 Å². The van der Waals surface area contributed by atoms with Crippen LogP contribution in [0.1, 0.15) is 0 Å². The summed E-state index contributed by atoms with van der Waals surface area (Å²) in [5, 5.41) is 3.14. The molecule has 0 atom stereocenters. The number of aromatic nitrogens is 2. The number of imidazole rings is 1. The fourth-order valence-electron chi connectivity index (χ4n) is 2.30. The molecule has 2 aromatic heterocycles. The number of thiazole rings is 1. The Morgan fingerprint density at radius 3 is 2.67 bits per heavy atom. The molecule has 1 N–H and O–H groups in total. The number of rotatable bonds is 2. The SMILES string of the molecule is O=c1/c(=C/Nc2ccccc2)sc2nc3ccccc3n12. The first-order valence-electron chi connectivity index (χ1n) is 6.55. The normalized spacial score (nSPS) is 12.3. The van der Waals surface area contributed by atoms with Crippen LogP contribution in [0, 0.1) is 0 Å². The average molecular weight is 293 g/mol. The number of nitrogens with zero attached hydrogens (tertiary/aromatic N) is 2. The second-order valence-corrected chi connectivity index (χ2v) is 5.65. The lowest BCUT2D eigenvalue weighted by atomic mass is 10.3. The maximum atomic E-state index is 12.5. The summed E-state index contributed by atoms with van der Waals surface area (Å²) in [7, 11) is 0. The minimum Gasteiger partial charge on any atom is -0.360 e. The van der Waals surface area contributed by atoms with Crippen molar-refractivity contribution < 1.29 is 0 Å². The van der Waals surface area contributed by atoms with Crippen LogP contribution in [-0.4, -0.2) is 9.38 Å². The lowest BCUT2D eigenvalue weighted by Gasteiger charge is -1.96. The fourth-order valence-corrected chi connectivity index (χ4v) is 3.20. The van der Waals surface area contributed by atoms with E-state index < -0.39 is 0 Å². The second-order valence-electron chi connectivity index (χ2n) is 4.64. The Balaban J connectivity index is 1.87. The summed E-state index contributed by atoms with van der Waals surface area (Å²) in [5.74, 6) is 0. The Morgan fingerprint density at radius 1 is 1.05 bits per heavy atom. The van der Waals surface area contributed by atoms with Gasteiger partial charge in [-0.1, -0.05) is 41.7 Å². The molecule has 0 unspecified atom stereocenters. The first-order chi connectivity index (χ1) is 10.3. The van der Waals surface area contributed by atoms with Crippen LogP contribution in [0.3, 0.4) is 0 Å². The zero-order chi connectivity index (χ0) is 14.2. The molecule has 0 aliphatic carbocycles. The molecular weight excluding hydrogens is 282 g/mol. The van der Waals surface area contributed by atoms with Crippen molar-refractivity contribution in [1.82, 2.24) is 9.38 Å². The van der Waals surface area contributed by atoms with Gasteiger partial charge in [-0.05, 0) is 24.3 Å². The van der Waals surface area contributed by atoms with Gasteiger partial charge in [0.2, 0.25) is 0 Å². The topological polar surface area (TPSA) is 46.4 Å². The van der Waals surface area contributed by atoms with Crippen LogP contribution < -0.4 is 15.4 Å². The fraction of sp³-hybridized carbons (Fsp3) is 0. The van der Waals surface area contributed by atoms with Crippen molar-refractivity contribution in [3.63, 3.8) is 0 Å². The number of para-hydroxylation sites is 3. The molecule has 2 heterocycles. The Hall–Kier alpha value is -2.66. The molecule has 0 bridgehead atoms. The number of fused-ring (bicyclic) bond motifs is 3. The Morgan fingerprint density at radius 2 is 1.81 bits per heavy atom. The Bertz CT molecular complexity index is 1030. The van der Waals surface area contributed by atoms with Crippen molar-refractivity contribution >= 4 is 39.2 Å². The highest BCUT2D eigenvalue weighted by atomic mass is 32.1.